The molecule has 2 N–H and O–H groups in total. The number of amides is 1. The number of rotatable bonds is 4. The highest BCUT2D eigenvalue weighted by atomic mass is 35.5. The van der Waals surface area contributed by atoms with E-state index >= 15 is 0 Å². The molecule has 1 saturated carbocycles. The Bertz CT molecular complexity index is 513. The lowest BCUT2D eigenvalue weighted by atomic mass is 9.81. The minimum Gasteiger partial charge on any atom is -0.496 e. The average Bonchev–Trinajstić information content (AvgIpc) is 2.47. The molecule has 0 atom stereocenters. The van der Waals surface area contributed by atoms with Crippen LogP contribution < -0.4 is 10.5 Å². The fraction of sp³-hybridized carbons (Fsp3) is 0.562. The molecule has 21 heavy (non-hydrogen) atoms. The predicted molar refractivity (Wildman–Crippen MR) is 84.5 cm³/mol. The van der Waals surface area contributed by atoms with Crippen molar-refractivity contribution in [3.05, 3.63) is 28.8 Å². The highest BCUT2D eigenvalue weighted by Crippen LogP contribution is 2.29. The van der Waals surface area contributed by atoms with Crippen LogP contribution in [0.2, 0.25) is 5.02 Å². The van der Waals surface area contributed by atoms with Crippen LogP contribution in [0.5, 0.6) is 5.75 Å². The standard InChI is InChI=1S/C16H23ClN2O2/c1-19(15(20)16(18)8-4-3-5-9-16)11-12-10-13(17)6-7-14(12)21-2/h6-7,10H,3-5,8-9,11,18H2,1-2H3. The van der Waals surface area contributed by atoms with E-state index in [1.54, 1.807) is 25.1 Å². The van der Waals surface area contributed by atoms with Crippen molar-refractivity contribution < 1.29 is 9.53 Å². The van der Waals surface area contributed by atoms with Gasteiger partial charge in [0.2, 0.25) is 5.91 Å². The maximum Gasteiger partial charge on any atom is 0.242 e. The van der Waals surface area contributed by atoms with Crippen molar-refractivity contribution in [3.8, 4) is 5.75 Å². The molecule has 0 heterocycles. The van der Waals surface area contributed by atoms with Gasteiger partial charge < -0.3 is 15.4 Å². The Kier molecular flexibility index (Phi) is 5.12. The molecular formula is C16H23ClN2O2. The first-order valence-corrected chi connectivity index (χ1v) is 7.71. The van der Waals surface area contributed by atoms with Crippen molar-refractivity contribution in [2.45, 2.75) is 44.2 Å². The van der Waals surface area contributed by atoms with E-state index in [-0.39, 0.29) is 5.91 Å². The second-order valence-electron chi connectivity index (χ2n) is 5.83. The summed E-state index contributed by atoms with van der Waals surface area (Å²) in [6.07, 6.45) is 4.75. The lowest BCUT2D eigenvalue weighted by Crippen LogP contribution is -2.55. The molecule has 5 heteroatoms. The van der Waals surface area contributed by atoms with Gasteiger partial charge in [0.25, 0.3) is 0 Å². The van der Waals surface area contributed by atoms with Crippen LogP contribution in [0.4, 0.5) is 0 Å². The Balaban J connectivity index is 2.12. The molecule has 0 unspecified atom stereocenters. The first kappa shape index (κ1) is 16.1. The third-order valence-corrected chi connectivity index (χ3v) is 4.40. The van der Waals surface area contributed by atoms with Gasteiger partial charge in [0.05, 0.1) is 12.6 Å². The molecule has 0 saturated heterocycles. The molecule has 116 valence electrons. The zero-order chi connectivity index (χ0) is 15.5. The van der Waals surface area contributed by atoms with Crippen LogP contribution in [0.1, 0.15) is 37.7 Å². The Morgan fingerprint density at radius 3 is 2.67 bits per heavy atom. The third kappa shape index (κ3) is 3.69. The molecule has 0 aromatic heterocycles. The minimum absolute atomic E-state index is 0.00392. The summed E-state index contributed by atoms with van der Waals surface area (Å²) >= 11 is 6.03. The number of ether oxygens (including phenoxy) is 1. The molecular weight excluding hydrogens is 288 g/mol. The minimum atomic E-state index is -0.710. The molecule has 1 fully saturated rings. The fourth-order valence-electron chi connectivity index (χ4n) is 2.97. The smallest absolute Gasteiger partial charge is 0.242 e. The number of nitrogens with two attached hydrogens (primary N) is 1. The monoisotopic (exact) mass is 310 g/mol. The number of halogens is 1. The maximum absolute atomic E-state index is 12.6. The molecule has 2 rings (SSSR count). The van der Waals surface area contributed by atoms with E-state index in [0.29, 0.717) is 11.6 Å². The van der Waals surface area contributed by atoms with Crippen LogP contribution in [-0.4, -0.2) is 30.5 Å². The number of carbonyl (C=O) groups excluding carboxylic acids is 1. The number of benzene rings is 1. The molecule has 1 aliphatic carbocycles. The highest BCUT2D eigenvalue weighted by Gasteiger charge is 2.37. The zero-order valence-electron chi connectivity index (χ0n) is 12.7. The number of nitrogens with zero attached hydrogens (tertiary/aromatic N) is 1. The van der Waals surface area contributed by atoms with Gasteiger partial charge in [-0.2, -0.15) is 0 Å². The lowest BCUT2D eigenvalue weighted by Gasteiger charge is -2.35. The van der Waals surface area contributed by atoms with E-state index in [4.69, 9.17) is 22.1 Å². The molecule has 0 radical (unpaired) electrons. The third-order valence-electron chi connectivity index (χ3n) is 4.17. The van der Waals surface area contributed by atoms with Gasteiger partial charge >= 0.3 is 0 Å². The Labute approximate surface area is 131 Å². The molecule has 4 nitrogen and oxygen atoms in total. The summed E-state index contributed by atoms with van der Waals surface area (Å²) in [5.41, 5.74) is 6.49. The maximum atomic E-state index is 12.6. The summed E-state index contributed by atoms with van der Waals surface area (Å²) in [5.74, 6) is 0.734. The Morgan fingerprint density at radius 1 is 1.38 bits per heavy atom. The van der Waals surface area contributed by atoms with Crippen molar-refractivity contribution in [1.29, 1.82) is 0 Å². The van der Waals surface area contributed by atoms with Gasteiger partial charge in [-0.25, -0.2) is 0 Å². The normalized spacial score (nSPS) is 17.3. The van der Waals surface area contributed by atoms with Crippen LogP contribution in [-0.2, 0) is 11.3 Å². The van der Waals surface area contributed by atoms with Crippen molar-refractivity contribution >= 4 is 17.5 Å². The summed E-state index contributed by atoms with van der Waals surface area (Å²) in [6.45, 7) is 0.446. The lowest BCUT2D eigenvalue weighted by molar-refractivity contribution is -0.137. The number of methoxy groups -OCH3 is 1. The molecule has 1 aromatic carbocycles. The second kappa shape index (κ2) is 6.67. The van der Waals surface area contributed by atoms with E-state index in [0.717, 1.165) is 43.4 Å². The first-order chi connectivity index (χ1) is 9.96. The number of hydrogen-bond donors (Lipinski definition) is 1. The second-order valence-corrected chi connectivity index (χ2v) is 6.27. The molecule has 0 bridgehead atoms. The van der Waals surface area contributed by atoms with E-state index < -0.39 is 5.54 Å². The van der Waals surface area contributed by atoms with E-state index in [2.05, 4.69) is 0 Å². The van der Waals surface area contributed by atoms with Crippen molar-refractivity contribution in [3.63, 3.8) is 0 Å². The van der Waals surface area contributed by atoms with Crippen LogP contribution in [0.25, 0.3) is 0 Å². The van der Waals surface area contributed by atoms with Gasteiger partial charge in [-0.3, -0.25) is 4.79 Å². The van der Waals surface area contributed by atoms with Gasteiger partial charge in [-0.05, 0) is 31.0 Å². The number of likely N-dealkylation sites (N-methyl/N-ethyl adjacent to an activating group) is 1. The first-order valence-electron chi connectivity index (χ1n) is 7.33. The van der Waals surface area contributed by atoms with Crippen LogP contribution in [0, 0.1) is 0 Å². The summed E-state index contributed by atoms with van der Waals surface area (Å²) in [5, 5.41) is 0.631. The Morgan fingerprint density at radius 2 is 2.05 bits per heavy atom. The summed E-state index contributed by atoms with van der Waals surface area (Å²) in [7, 11) is 3.39. The quantitative estimate of drug-likeness (QED) is 0.930. The van der Waals surface area contributed by atoms with E-state index in [1.807, 2.05) is 12.1 Å². The van der Waals surface area contributed by atoms with Gasteiger partial charge in [-0.1, -0.05) is 30.9 Å². The summed E-state index contributed by atoms with van der Waals surface area (Å²) in [4.78, 5) is 14.3. The van der Waals surface area contributed by atoms with E-state index in [9.17, 15) is 4.79 Å². The van der Waals surface area contributed by atoms with Crippen LogP contribution >= 0.6 is 11.6 Å². The molecule has 0 spiro atoms. The molecule has 1 amide bonds. The van der Waals surface area contributed by atoms with Crippen LogP contribution in [0.3, 0.4) is 0 Å². The summed E-state index contributed by atoms with van der Waals surface area (Å²) in [6, 6.07) is 5.42. The van der Waals surface area contributed by atoms with E-state index in [1.165, 1.54) is 0 Å². The van der Waals surface area contributed by atoms with Crippen LogP contribution in [0.15, 0.2) is 18.2 Å². The van der Waals surface area contributed by atoms with Gasteiger partial charge in [0.15, 0.2) is 0 Å². The van der Waals surface area contributed by atoms with Gasteiger partial charge in [0, 0.05) is 24.2 Å². The molecule has 1 aliphatic rings. The topological polar surface area (TPSA) is 55.6 Å². The van der Waals surface area contributed by atoms with Crippen molar-refractivity contribution in [2.24, 2.45) is 5.73 Å². The Hall–Kier alpha value is -1.26. The zero-order valence-corrected chi connectivity index (χ0v) is 13.4. The largest absolute Gasteiger partial charge is 0.496 e. The molecule has 0 aliphatic heterocycles. The SMILES string of the molecule is COc1ccc(Cl)cc1CN(C)C(=O)C1(N)CCCCC1. The van der Waals surface area contributed by atoms with Gasteiger partial charge in [0.1, 0.15) is 5.75 Å². The number of hydrogen-bond acceptors (Lipinski definition) is 3. The number of carbonyl (C=O) groups is 1. The van der Waals surface area contributed by atoms with Crippen molar-refractivity contribution in [2.75, 3.05) is 14.2 Å². The van der Waals surface area contributed by atoms with Gasteiger partial charge in [-0.15, -0.1) is 0 Å². The predicted octanol–water partition coefficient (Wildman–Crippen LogP) is 2.97. The highest BCUT2D eigenvalue weighted by molar-refractivity contribution is 6.30. The van der Waals surface area contributed by atoms with Crippen molar-refractivity contribution in [1.82, 2.24) is 4.90 Å². The molecule has 1 aromatic rings. The summed E-state index contributed by atoms with van der Waals surface area (Å²) < 4.78 is 5.32. The fourth-order valence-corrected chi connectivity index (χ4v) is 3.17. The average molecular weight is 311 g/mol.